The zero-order chi connectivity index (χ0) is 16.6. The summed E-state index contributed by atoms with van der Waals surface area (Å²) in [7, 11) is 0. The van der Waals surface area contributed by atoms with Gasteiger partial charge < -0.3 is 15.3 Å². The molecule has 2 N–H and O–H groups in total. The van der Waals surface area contributed by atoms with E-state index in [9.17, 15) is 9.90 Å². The topological polar surface area (TPSA) is 52.6 Å². The van der Waals surface area contributed by atoms with Crippen LogP contribution in [0.25, 0.3) is 0 Å². The van der Waals surface area contributed by atoms with Crippen molar-refractivity contribution in [1.82, 2.24) is 4.90 Å². The molecule has 1 aliphatic heterocycles. The Morgan fingerprint density at radius 2 is 2.26 bits per heavy atom. The molecule has 2 aliphatic rings. The number of likely N-dealkylation sites (tertiary alicyclic amines) is 1. The second-order valence-electron chi connectivity index (χ2n) is 7.01. The van der Waals surface area contributed by atoms with E-state index < -0.39 is 5.60 Å². The molecule has 1 heterocycles. The normalized spacial score (nSPS) is 30.2. The minimum Gasteiger partial charge on any atom is -0.390 e. The van der Waals surface area contributed by atoms with E-state index in [0.29, 0.717) is 17.5 Å². The first-order valence-electron chi connectivity index (χ1n) is 8.47. The van der Waals surface area contributed by atoms with Gasteiger partial charge in [0.25, 0.3) is 0 Å². The van der Waals surface area contributed by atoms with Crippen LogP contribution in [0.5, 0.6) is 0 Å². The summed E-state index contributed by atoms with van der Waals surface area (Å²) in [6.45, 7) is 5.36. The molecule has 126 valence electrons. The summed E-state index contributed by atoms with van der Waals surface area (Å²) in [6, 6.07) is 5.38. The molecule has 0 aromatic heterocycles. The Bertz CT molecular complexity index is 607. The molecule has 1 aromatic rings. The SMILES string of the molecule is CC[C@@]1(O)CCC[C@@H]2CN(C(=O)Nc3ccc(Cl)cc3C)C[C@@H]21. The van der Waals surface area contributed by atoms with Crippen LogP contribution in [0.3, 0.4) is 0 Å². The van der Waals surface area contributed by atoms with Crippen LogP contribution >= 0.6 is 11.6 Å². The first-order valence-corrected chi connectivity index (χ1v) is 8.85. The van der Waals surface area contributed by atoms with Crippen LogP contribution in [0.1, 0.15) is 38.2 Å². The quantitative estimate of drug-likeness (QED) is 0.856. The van der Waals surface area contributed by atoms with Gasteiger partial charge in [-0.2, -0.15) is 0 Å². The number of nitrogens with zero attached hydrogens (tertiary/aromatic N) is 1. The Hall–Kier alpha value is -1.26. The largest absolute Gasteiger partial charge is 0.390 e. The lowest BCUT2D eigenvalue weighted by atomic mass is 9.69. The third-order valence-electron chi connectivity index (χ3n) is 5.65. The van der Waals surface area contributed by atoms with Gasteiger partial charge in [0.05, 0.1) is 5.60 Å². The molecule has 4 nitrogen and oxygen atoms in total. The van der Waals surface area contributed by atoms with E-state index in [1.807, 2.05) is 30.9 Å². The number of fused-ring (bicyclic) bond motifs is 1. The molecular weight excluding hydrogens is 312 g/mol. The van der Waals surface area contributed by atoms with E-state index in [1.165, 1.54) is 0 Å². The predicted molar refractivity (Wildman–Crippen MR) is 92.9 cm³/mol. The summed E-state index contributed by atoms with van der Waals surface area (Å²) >= 11 is 5.96. The number of hydrogen-bond acceptors (Lipinski definition) is 2. The number of aliphatic hydroxyl groups is 1. The molecule has 0 bridgehead atoms. The molecule has 2 fully saturated rings. The molecule has 1 saturated carbocycles. The van der Waals surface area contributed by atoms with Crippen LogP contribution in [0.2, 0.25) is 5.02 Å². The Morgan fingerprint density at radius 3 is 2.96 bits per heavy atom. The molecule has 3 rings (SSSR count). The molecule has 23 heavy (non-hydrogen) atoms. The fraction of sp³-hybridized carbons (Fsp3) is 0.611. The van der Waals surface area contributed by atoms with Gasteiger partial charge >= 0.3 is 6.03 Å². The Kier molecular flexibility index (Phi) is 4.56. The van der Waals surface area contributed by atoms with Gasteiger partial charge in [-0.15, -0.1) is 0 Å². The standard InChI is InChI=1S/C18H25ClN2O2/c1-3-18(23)8-4-5-13-10-21(11-15(13)18)17(22)20-16-7-6-14(19)9-12(16)2/h6-7,9,13,15,23H,3-5,8,10-11H2,1-2H3,(H,20,22)/t13-,15+,18-/m1/s1. The predicted octanol–water partition coefficient (Wildman–Crippen LogP) is 4.05. The zero-order valence-electron chi connectivity index (χ0n) is 13.8. The van der Waals surface area contributed by atoms with E-state index in [1.54, 1.807) is 6.07 Å². The lowest BCUT2D eigenvalue weighted by molar-refractivity contribution is -0.0607. The number of rotatable bonds is 2. The van der Waals surface area contributed by atoms with Crippen LogP contribution in [0.4, 0.5) is 10.5 Å². The van der Waals surface area contributed by atoms with Crippen LogP contribution in [0.15, 0.2) is 18.2 Å². The van der Waals surface area contributed by atoms with Gasteiger partial charge in [0, 0.05) is 29.7 Å². The van der Waals surface area contributed by atoms with Gasteiger partial charge in [-0.05, 0) is 55.9 Å². The van der Waals surface area contributed by atoms with Crippen LogP contribution in [-0.4, -0.2) is 34.7 Å². The van der Waals surface area contributed by atoms with Gasteiger partial charge in [-0.1, -0.05) is 24.9 Å². The number of anilines is 1. The van der Waals surface area contributed by atoms with Crippen LogP contribution in [0, 0.1) is 18.8 Å². The molecule has 2 amide bonds. The smallest absolute Gasteiger partial charge is 0.321 e. The number of carbonyl (C=O) groups excluding carboxylic acids is 1. The third kappa shape index (κ3) is 3.20. The summed E-state index contributed by atoms with van der Waals surface area (Å²) in [6.07, 6.45) is 3.78. The summed E-state index contributed by atoms with van der Waals surface area (Å²) in [5, 5.41) is 14.5. The highest BCUT2D eigenvalue weighted by molar-refractivity contribution is 6.30. The fourth-order valence-corrected chi connectivity index (χ4v) is 4.42. The van der Waals surface area contributed by atoms with Crippen molar-refractivity contribution in [1.29, 1.82) is 0 Å². The maximum absolute atomic E-state index is 12.6. The zero-order valence-corrected chi connectivity index (χ0v) is 14.6. The maximum Gasteiger partial charge on any atom is 0.321 e. The van der Waals surface area contributed by atoms with Crippen LogP contribution in [-0.2, 0) is 0 Å². The Labute approximate surface area is 142 Å². The van der Waals surface area contributed by atoms with Crippen molar-refractivity contribution in [3.63, 3.8) is 0 Å². The molecule has 1 saturated heterocycles. The van der Waals surface area contributed by atoms with Gasteiger partial charge in [0.15, 0.2) is 0 Å². The van der Waals surface area contributed by atoms with Crippen molar-refractivity contribution >= 4 is 23.3 Å². The summed E-state index contributed by atoms with van der Waals surface area (Å²) < 4.78 is 0. The average Bonchev–Trinajstić information content (AvgIpc) is 2.96. The van der Waals surface area contributed by atoms with E-state index in [-0.39, 0.29) is 11.9 Å². The fourth-order valence-electron chi connectivity index (χ4n) is 4.19. The van der Waals surface area contributed by atoms with E-state index in [0.717, 1.165) is 43.5 Å². The molecule has 1 aromatic carbocycles. The number of carbonyl (C=O) groups is 1. The lowest BCUT2D eigenvalue weighted by Gasteiger charge is -2.40. The maximum atomic E-state index is 12.6. The van der Waals surface area contributed by atoms with Gasteiger partial charge in [-0.3, -0.25) is 0 Å². The number of halogens is 1. The second-order valence-corrected chi connectivity index (χ2v) is 7.45. The molecule has 0 spiro atoms. The van der Waals surface area contributed by atoms with E-state index >= 15 is 0 Å². The summed E-state index contributed by atoms with van der Waals surface area (Å²) in [5.41, 5.74) is 1.14. The molecule has 5 heteroatoms. The highest BCUT2D eigenvalue weighted by Gasteiger charge is 2.48. The highest BCUT2D eigenvalue weighted by atomic mass is 35.5. The molecule has 3 atom stereocenters. The molecule has 0 unspecified atom stereocenters. The molecule has 0 radical (unpaired) electrons. The first-order chi connectivity index (χ1) is 10.9. The molecule has 1 aliphatic carbocycles. The lowest BCUT2D eigenvalue weighted by Crippen LogP contribution is -2.44. The van der Waals surface area contributed by atoms with Crippen LogP contribution < -0.4 is 5.32 Å². The average molecular weight is 337 g/mol. The Balaban J connectivity index is 1.70. The number of urea groups is 1. The van der Waals surface area contributed by atoms with Gasteiger partial charge in [0.2, 0.25) is 0 Å². The summed E-state index contributed by atoms with van der Waals surface area (Å²) in [5.74, 6) is 0.629. The van der Waals surface area contributed by atoms with Crippen molar-refractivity contribution < 1.29 is 9.90 Å². The van der Waals surface area contributed by atoms with Crippen molar-refractivity contribution in [2.45, 2.75) is 45.1 Å². The van der Waals surface area contributed by atoms with Crippen molar-refractivity contribution in [2.75, 3.05) is 18.4 Å². The van der Waals surface area contributed by atoms with Gasteiger partial charge in [0.1, 0.15) is 0 Å². The Morgan fingerprint density at radius 1 is 1.48 bits per heavy atom. The van der Waals surface area contributed by atoms with Crippen molar-refractivity contribution in [3.8, 4) is 0 Å². The van der Waals surface area contributed by atoms with E-state index in [2.05, 4.69) is 5.32 Å². The second kappa shape index (κ2) is 6.33. The molecular formula is C18H25ClN2O2. The van der Waals surface area contributed by atoms with Gasteiger partial charge in [-0.25, -0.2) is 4.79 Å². The van der Waals surface area contributed by atoms with E-state index in [4.69, 9.17) is 11.6 Å². The number of aryl methyl sites for hydroxylation is 1. The van der Waals surface area contributed by atoms with Crippen molar-refractivity contribution in [2.24, 2.45) is 11.8 Å². The summed E-state index contributed by atoms with van der Waals surface area (Å²) in [4.78, 5) is 14.5. The van der Waals surface area contributed by atoms with Crippen molar-refractivity contribution in [3.05, 3.63) is 28.8 Å². The number of nitrogens with one attached hydrogen (secondary N) is 1. The third-order valence-corrected chi connectivity index (χ3v) is 5.88. The minimum atomic E-state index is -0.603. The monoisotopic (exact) mass is 336 g/mol. The first kappa shape index (κ1) is 16.6. The minimum absolute atomic E-state index is 0.0803. The highest BCUT2D eigenvalue weighted by Crippen LogP contribution is 2.44. The number of hydrogen-bond donors (Lipinski definition) is 2. The number of benzene rings is 1. The number of amides is 2.